The van der Waals surface area contributed by atoms with Gasteiger partial charge >= 0.3 is 6.18 Å². The summed E-state index contributed by atoms with van der Waals surface area (Å²) in [5.41, 5.74) is 1.21. The SMILES string of the molecule is O=C(CN1C(=O)C2(CCC(Oc3cnc4[nH]ncc4c3)CC2)c2ccccc21)NCC(O)C(F)(F)F. The Balaban J connectivity index is 1.27. The molecule has 1 aliphatic heterocycles. The predicted molar refractivity (Wildman–Crippen MR) is 122 cm³/mol. The zero-order chi connectivity index (χ0) is 25.5. The van der Waals surface area contributed by atoms with Gasteiger partial charge in [0.25, 0.3) is 0 Å². The Hall–Kier alpha value is -3.67. The Bertz CT molecular complexity index is 1290. The van der Waals surface area contributed by atoms with E-state index in [9.17, 15) is 22.8 Å². The number of amides is 2. The first-order chi connectivity index (χ1) is 17.2. The summed E-state index contributed by atoms with van der Waals surface area (Å²) in [7, 11) is 0. The molecule has 5 rings (SSSR count). The number of H-pyrrole nitrogens is 1. The van der Waals surface area contributed by atoms with E-state index in [2.05, 4.69) is 20.5 Å². The van der Waals surface area contributed by atoms with Crippen LogP contribution in [0.15, 0.2) is 42.7 Å². The second kappa shape index (κ2) is 9.08. The maximum absolute atomic E-state index is 13.6. The second-order valence-corrected chi connectivity index (χ2v) is 9.15. The molecule has 1 unspecified atom stereocenters. The number of hydrogen-bond donors (Lipinski definition) is 3. The minimum absolute atomic E-state index is 0.122. The number of pyridine rings is 1. The van der Waals surface area contributed by atoms with Crippen LogP contribution in [0.2, 0.25) is 0 Å². The molecule has 1 fully saturated rings. The minimum atomic E-state index is -4.84. The van der Waals surface area contributed by atoms with Gasteiger partial charge in [-0.1, -0.05) is 18.2 Å². The van der Waals surface area contributed by atoms with Crippen molar-refractivity contribution in [1.29, 1.82) is 0 Å². The number of carbonyl (C=O) groups excluding carboxylic acids is 2. The van der Waals surface area contributed by atoms with E-state index >= 15 is 0 Å². The zero-order valence-corrected chi connectivity index (χ0v) is 19.1. The first kappa shape index (κ1) is 24.0. The third-order valence-electron chi connectivity index (χ3n) is 6.89. The Morgan fingerprint density at radius 2 is 2.03 bits per heavy atom. The van der Waals surface area contributed by atoms with Crippen LogP contribution >= 0.6 is 0 Å². The molecule has 3 N–H and O–H groups in total. The fraction of sp³-hybridized carbons (Fsp3) is 0.417. The number of nitrogens with one attached hydrogen (secondary N) is 2. The lowest BCUT2D eigenvalue weighted by Gasteiger charge is -2.36. The number of alkyl halides is 3. The van der Waals surface area contributed by atoms with E-state index in [0.29, 0.717) is 42.8 Å². The number of aromatic nitrogens is 3. The largest absolute Gasteiger partial charge is 0.489 e. The predicted octanol–water partition coefficient (Wildman–Crippen LogP) is 2.60. The lowest BCUT2D eigenvalue weighted by atomic mass is 9.69. The van der Waals surface area contributed by atoms with E-state index in [1.165, 1.54) is 4.90 Å². The van der Waals surface area contributed by atoms with Crippen LogP contribution in [-0.2, 0) is 15.0 Å². The van der Waals surface area contributed by atoms with Gasteiger partial charge in [0, 0.05) is 11.1 Å². The molecule has 1 atom stereocenters. The first-order valence-electron chi connectivity index (χ1n) is 11.6. The van der Waals surface area contributed by atoms with Gasteiger partial charge < -0.3 is 20.1 Å². The standard InChI is InChI=1S/C24H24F3N5O4/c25-24(26,27)19(33)12-28-20(34)13-32-18-4-2-1-3-17(18)23(22(32)35)7-5-15(6-8-23)36-16-9-14-10-30-31-21(14)29-11-16/h1-4,9-11,15,19,33H,5-8,12-13H2,(H,28,34)(H,29,30,31). The monoisotopic (exact) mass is 503 g/mol. The molecule has 2 amide bonds. The summed E-state index contributed by atoms with van der Waals surface area (Å²) in [5.74, 6) is -0.421. The molecule has 1 aliphatic carbocycles. The van der Waals surface area contributed by atoms with Crippen molar-refractivity contribution in [3.63, 3.8) is 0 Å². The number of rotatable bonds is 6. The van der Waals surface area contributed by atoms with E-state index in [1.807, 2.05) is 18.2 Å². The molecule has 36 heavy (non-hydrogen) atoms. The summed E-state index contributed by atoms with van der Waals surface area (Å²) in [6, 6.07) is 9.01. The molecule has 2 aliphatic rings. The number of fused-ring (bicyclic) bond motifs is 3. The van der Waals surface area contributed by atoms with Crippen molar-refractivity contribution < 1.29 is 32.6 Å². The normalized spacial score (nSPS) is 22.6. The van der Waals surface area contributed by atoms with Crippen LogP contribution in [0.1, 0.15) is 31.2 Å². The molecule has 1 saturated carbocycles. The van der Waals surface area contributed by atoms with Crippen molar-refractivity contribution in [3.8, 4) is 5.75 Å². The third kappa shape index (κ3) is 4.36. The number of aromatic amines is 1. The van der Waals surface area contributed by atoms with Crippen LogP contribution in [-0.4, -0.2) is 63.6 Å². The van der Waals surface area contributed by atoms with Gasteiger partial charge in [-0.25, -0.2) is 4.98 Å². The number of hydrogen-bond acceptors (Lipinski definition) is 6. The first-order valence-corrected chi connectivity index (χ1v) is 11.6. The Morgan fingerprint density at radius 3 is 2.78 bits per heavy atom. The number of benzene rings is 1. The summed E-state index contributed by atoms with van der Waals surface area (Å²) < 4.78 is 43.7. The van der Waals surface area contributed by atoms with Gasteiger partial charge in [-0.05, 0) is 43.4 Å². The number of aliphatic hydroxyl groups is 1. The molecule has 9 nitrogen and oxygen atoms in total. The van der Waals surface area contributed by atoms with E-state index in [4.69, 9.17) is 9.84 Å². The summed E-state index contributed by atoms with van der Waals surface area (Å²) in [4.78, 5) is 31.6. The molecular formula is C24H24F3N5O4. The molecule has 0 saturated heterocycles. The van der Waals surface area contributed by atoms with Gasteiger partial charge in [-0.15, -0.1) is 0 Å². The molecule has 3 heterocycles. The smallest absolute Gasteiger partial charge is 0.416 e. The second-order valence-electron chi connectivity index (χ2n) is 9.15. The van der Waals surface area contributed by atoms with E-state index in [0.717, 1.165) is 10.9 Å². The highest BCUT2D eigenvalue weighted by atomic mass is 19.4. The summed E-state index contributed by atoms with van der Waals surface area (Å²) in [6.45, 7) is -1.41. The summed E-state index contributed by atoms with van der Waals surface area (Å²) in [6.07, 6.45) is -2.15. The minimum Gasteiger partial charge on any atom is -0.489 e. The Kier molecular flexibility index (Phi) is 6.07. The molecular weight excluding hydrogens is 479 g/mol. The molecule has 1 spiro atoms. The number of carbonyl (C=O) groups is 2. The number of halogens is 3. The number of aliphatic hydroxyl groups excluding tert-OH is 1. The van der Waals surface area contributed by atoms with Crippen molar-refractivity contribution in [2.45, 2.75) is 49.5 Å². The van der Waals surface area contributed by atoms with Gasteiger partial charge in [0.15, 0.2) is 11.8 Å². The average molecular weight is 503 g/mol. The molecule has 0 radical (unpaired) electrons. The number of anilines is 1. The lowest BCUT2D eigenvalue weighted by Crippen LogP contribution is -2.48. The highest BCUT2D eigenvalue weighted by Gasteiger charge is 2.52. The van der Waals surface area contributed by atoms with Crippen molar-refractivity contribution >= 4 is 28.5 Å². The van der Waals surface area contributed by atoms with Crippen LogP contribution in [0.3, 0.4) is 0 Å². The van der Waals surface area contributed by atoms with Crippen molar-refractivity contribution in [2.75, 3.05) is 18.0 Å². The van der Waals surface area contributed by atoms with Crippen molar-refractivity contribution in [1.82, 2.24) is 20.5 Å². The Labute approximate surface area is 203 Å². The maximum Gasteiger partial charge on any atom is 0.416 e. The van der Waals surface area contributed by atoms with E-state index < -0.39 is 36.7 Å². The van der Waals surface area contributed by atoms with Crippen LogP contribution < -0.4 is 15.0 Å². The summed E-state index contributed by atoms with van der Waals surface area (Å²) in [5, 5.41) is 18.8. The molecule has 0 bridgehead atoms. The number of para-hydroxylation sites is 1. The van der Waals surface area contributed by atoms with Gasteiger partial charge in [0.05, 0.1) is 30.5 Å². The quantitative estimate of drug-likeness (QED) is 0.476. The number of ether oxygens (including phenoxy) is 1. The van der Waals surface area contributed by atoms with Crippen molar-refractivity contribution in [2.24, 2.45) is 0 Å². The van der Waals surface area contributed by atoms with Crippen LogP contribution in [0.4, 0.5) is 18.9 Å². The van der Waals surface area contributed by atoms with E-state index in [-0.39, 0.29) is 12.0 Å². The average Bonchev–Trinajstić information content (AvgIpc) is 3.41. The van der Waals surface area contributed by atoms with Gasteiger partial charge in [0.1, 0.15) is 12.3 Å². The van der Waals surface area contributed by atoms with Crippen LogP contribution in [0.5, 0.6) is 5.75 Å². The van der Waals surface area contributed by atoms with Gasteiger partial charge in [-0.3, -0.25) is 14.7 Å². The van der Waals surface area contributed by atoms with Crippen molar-refractivity contribution in [3.05, 3.63) is 48.3 Å². The molecule has 3 aromatic rings. The van der Waals surface area contributed by atoms with Gasteiger partial charge in [0.2, 0.25) is 11.8 Å². The molecule has 1 aromatic carbocycles. The van der Waals surface area contributed by atoms with Crippen LogP contribution in [0, 0.1) is 0 Å². The Morgan fingerprint density at radius 1 is 1.28 bits per heavy atom. The topological polar surface area (TPSA) is 120 Å². The number of nitrogens with zero attached hydrogens (tertiary/aromatic N) is 3. The van der Waals surface area contributed by atoms with Crippen LogP contribution in [0.25, 0.3) is 11.0 Å². The maximum atomic E-state index is 13.6. The highest BCUT2D eigenvalue weighted by Crippen LogP contribution is 2.50. The third-order valence-corrected chi connectivity index (χ3v) is 6.89. The fourth-order valence-electron chi connectivity index (χ4n) is 5.04. The lowest BCUT2D eigenvalue weighted by molar-refractivity contribution is -0.201. The molecule has 190 valence electrons. The molecule has 12 heteroatoms. The van der Waals surface area contributed by atoms with Gasteiger partial charge in [-0.2, -0.15) is 18.3 Å². The zero-order valence-electron chi connectivity index (χ0n) is 19.1. The summed E-state index contributed by atoms with van der Waals surface area (Å²) >= 11 is 0. The van der Waals surface area contributed by atoms with E-state index in [1.54, 1.807) is 24.5 Å². The highest BCUT2D eigenvalue weighted by molar-refractivity contribution is 6.10. The fourth-order valence-corrected chi connectivity index (χ4v) is 5.04. The molecule has 2 aromatic heterocycles.